The summed E-state index contributed by atoms with van der Waals surface area (Å²) in [6.07, 6.45) is -10.4. The molecule has 112 valence electrons. The van der Waals surface area contributed by atoms with Crippen LogP contribution in [0, 0.1) is 0 Å². The molecule has 20 heavy (non-hydrogen) atoms. The lowest BCUT2D eigenvalue weighted by Crippen LogP contribution is -2.21. The number of hydrogen-bond donors (Lipinski definition) is 0. The third-order valence-electron chi connectivity index (χ3n) is 1.91. The van der Waals surface area contributed by atoms with E-state index in [9.17, 15) is 31.1 Å². The van der Waals surface area contributed by atoms with Crippen LogP contribution in [0.2, 0.25) is 0 Å². The van der Waals surface area contributed by atoms with Crippen LogP contribution in [-0.2, 0) is 11.5 Å². The van der Waals surface area contributed by atoms with Crippen molar-refractivity contribution in [3.63, 3.8) is 0 Å². The number of halogens is 8. The van der Waals surface area contributed by atoms with E-state index in [1.54, 1.807) is 0 Å². The molecule has 0 aromatic carbocycles. The highest BCUT2D eigenvalue weighted by Gasteiger charge is 2.40. The summed E-state index contributed by atoms with van der Waals surface area (Å²) in [6.45, 7) is 0. The maximum Gasteiger partial charge on any atom is 0.574 e. The van der Waals surface area contributed by atoms with Crippen LogP contribution in [0.4, 0.5) is 26.3 Å². The van der Waals surface area contributed by atoms with Crippen molar-refractivity contribution in [2.45, 2.75) is 17.9 Å². The van der Waals surface area contributed by atoms with Gasteiger partial charge in [-0.3, -0.25) is 4.79 Å². The van der Waals surface area contributed by atoms with Gasteiger partial charge in [0.2, 0.25) is 5.88 Å². The summed E-state index contributed by atoms with van der Waals surface area (Å²) in [5, 5.41) is -1.83. The van der Waals surface area contributed by atoms with Gasteiger partial charge in [-0.25, -0.2) is 4.98 Å². The zero-order valence-corrected chi connectivity index (χ0v) is 11.4. The minimum atomic E-state index is -5.22. The summed E-state index contributed by atoms with van der Waals surface area (Å²) in [5.41, 5.74) is -3.29. The molecule has 0 spiro atoms. The third-order valence-corrected chi connectivity index (χ3v) is 2.70. The van der Waals surface area contributed by atoms with Crippen molar-refractivity contribution in [2.24, 2.45) is 0 Å². The number of ether oxygens (including phenoxy) is 1. The van der Waals surface area contributed by atoms with Crippen molar-refractivity contribution in [1.29, 1.82) is 0 Å². The number of nitrogens with zero attached hydrogens (tertiary/aromatic N) is 1. The van der Waals surface area contributed by atoms with Gasteiger partial charge in [0.25, 0.3) is 5.24 Å². The van der Waals surface area contributed by atoms with Crippen LogP contribution in [0.15, 0.2) is 6.07 Å². The average Bonchev–Trinajstić information content (AvgIpc) is 2.23. The Bertz CT molecular complexity index is 530. The normalized spacial score (nSPS) is 12.4. The monoisotopic (exact) mass is 385 g/mol. The lowest BCUT2D eigenvalue weighted by molar-refractivity contribution is -0.276. The van der Waals surface area contributed by atoms with Gasteiger partial charge < -0.3 is 4.74 Å². The van der Waals surface area contributed by atoms with Gasteiger partial charge >= 0.3 is 12.5 Å². The van der Waals surface area contributed by atoms with Crippen LogP contribution < -0.4 is 4.74 Å². The summed E-state index contributed by atoms with van der Waals surface area (Å²) >= 11 is 7.77. The van der Waals surface area contributed by atoms with Gasteiger partial charge in [-0.1, -0.05) is 15.9 Å². The van der Waals surface area contributed by atoms with Gasteiger partial charge in [0.15, 0.2) is 5.69 Å². The number of alkyl halides is 7. The van der Waals surface area contributed by atoms with Crippen molar-refractivity contribution in [2.75, 3.05) is 0 Å². The second-order valence-corrected chi connectivity index (χ2v) is 4.20. The molecule has 0 aliphatic carbocycles. The Morgan fingerprint density at radius 2 is 1.85 bits per heavy atom. The lowest BCUT2D eigenvalue weighted by atomic mass is 10.1. The Balaban J connectivity index is 3.52. The van der Waals surface area contributed by atoms with Gasteiger partial charge in [-0.2, -0.15) is 13.2 Å². The molecule has 0 bridgehead atoms. The van der Waals surface area contributed by atoms with Crippen molar-refractivity contribution in [3.8, 4) is 5.88 Å². The van der Waals surface area contributed by atoms with Crippen molar-refractivity contribution in [1.82, 2.24) is 4.98 Å². The maximum absolute atomic E-state index is 12.7. The fraction of sp³-hybridized carbons (Fsp3) is 0.333. The summed E-state index contributed by atoms with van der Waals surface area (Å²) in [7, 11) is 0. The largest absolute Gasteiger partial charge is 0.574 e. The Kier molecular flexibility index (Phi) is 4.90. The fourth-order valence-electron chi connectivity index (χ4n) is 1.27. The second kappa shape index (κ2) is 5.76. The highest BCUT2D eigenvalue weighted by Crippen LogP contribution is 2.36. The number of carbonyl (C=O) groups excluding carboxylic acids is 1. The molecule has 1 rings (SSSR count). The van der Waals surface area contributed by atoms with Crippen molar-refractivity contribution < 1.29 is 35.9 Å². The van der Waals surface area contributed by atoms with E-state index in [-0.39, 0.29) is 5.33 Å². The van der Waals surface area contributed by atoms with Gasteiger partial charge in [-0.05, 0) is 17.2 Å². The molecule has 0 amide bonds. The molecule has 3 nitrogen and oxygen atoms in total. The number of carbonyl (C=O) groups is 1. The molecule has 0 aliphatic rings. The zero-order valence-electron chi connectivity index (χ0n) is 9.07. The SMILES string of the molecule is O=C(Cl)c1c(CBr)cc(OC(F)(F)F)nc1C(F)(F)F. The molecular formula is C9H3BrClF6NO2. The zero-order chi connectivity index (χ0) is 15.7. The van der Waals surface area contributed by atoms with E-state index in [0.717, 1.165) is 0 Å². The topological polar surface area (TPSA) is 39.2 Å². The van der Waals surface area contributed by atoms with Gasteiger partial charge in [0.05, 0.1) is 5.56 Å². The predicted molar refractivity (Wildman–Crippen MR) is 58.7 cm³/mol. The van der Waals surface area contributed by atoms with Crippen LogP contribution in [0.25, 0.3) is 0 Å². The van der Waals surface area contributed by atoms with Crippen LogP contribution in [0.3, 0.4) is 0 Å². The molecule has 0 atom stereocenters. The number of pyridine rings is 1. The predicted octanol–water partition coefficient (Wildman–Crippen LogP) is 4.27. The Hall–Kier alpha value is -1.03. The Labute approximate surface area is 121 Å². The molecule has 0 radical (unpaired) electrons. The molecule has 0 saturated heterocycles. The fourth-order valence-corrected chi connectivity index (χ4v) is 1.93. The Morgan fingerprint density at radius 3 is 2.20 bits per heavy atom. The number of rotatable bonds is 3. The van der Waals surface area contributed by atoms with E-state index in [1.807, 2.05) is 0 Å². The minimum absolute atomic E-state index is 0.347. The van der Waals surface area contributed by atoms with E-state index in [4.69, 9.17) is 11.6 Å². The summed E-state index contributed by atoms with van der Waals surface area (Å²) in [6, 6.07) is 0.549. The summed E-state index contributed by atoms with van der Waals surface area (Å²) < 4.78 is 77.5. The van der Waals surface area contributed by atoms with Crippen LogP contribution in [-0.4, -0.2) is 16.6 Å². The van der Waals surface area contributed by atoms with Crippen molar-refractivity contribution >= 4 is 32.8 Å². The third kappa shape index (κ3) is 4.23. The van der Waals surface area contributed by atoms with Gasteiger partial charge in [0.1, 0.15) is 0 Å². The van der Waals surface area contributed by atoms with E-state index in [0.29, 0.717) is 6.07 Å². The summed E-state index contributed by atoms with van der Waals surface area (Å²) in [5.74, 6) is -1.33. The Morgan fingerprint density at radius 1 is 1.30 bits per heavy atom. The van der Waals surface area contributed by atoms with Gasteiger partial charge in [-0.15, -0.1) is 13.2 Å². The molecule has 0 fully saturated rings. The molecule has 0 saturated carbocycles. The van der Waals surface area contributed by atoms with Crippen LogP contribution >= 0.6 is 27.5 Å². The maximum atomic E-state index is 12.7. The first-order valence-electron chi connectivity index (χ1n) is 4.58. The van der Waals surface area contributed by atoms with E-state index in [1.165, 1.54) is 0 Å². The smallest absolute Gasteiger partial charge is 0.388 e. The number of hydrogen-bond acceptors (Lipinski definition) is 3. The van der Waals surface area contributed by atoms with E-state index in [2.05, 4.69) is 25.7 Å². The number of aromatic nitrogens is 1. The van der Waals surface area contributed by atoms with Gasteiger partial charge in [0, 0.05) is 11.4 Å². The second-order valence-electron chi connectivity index (χ2n) is 3.30. The molecule has 1 aromatic heterocycles. The highest BCUT2D eigenvalue weighted by molar-refractivity contribution is 9.08. The van der Waals surface area contributed by atoms with Crippen LogP contribution in [0.5, 0.6) is 5.88 Å². The first-order chi connectivity index (χ1) is 8.95. The summed E-state index contributed by atoms with van der Waals surface area (Å²) in [4.78, 5) is 13.7. The molecule has 0 N–H and O–H groups in total. The van der Waals surface area contributed by atoms with E-state index < -0.39 is 40.5 Å². The first kappa shape index (κ1) is 17.0. The standard InChI is InChI=1S/C9H3BrClF6NO2/c10-2-3-1-4(20-9(15,16)17)18-6(8(12,13)14)5(3)7(11)19/h1H,2H2. The molecule has 0 aliphatic heterocycles. The molecule has 11 heteroatoms. The van der Waals surface area contributed by atoms with Crippen molar-refractivity contribution in [3.05, 3.63) is 22.9 Å². The van der Waals surface area contributed by atoms with E-state index >= 15 is 0 Å². The molecular weight excluding hydrogens is 383 g/mol. The molecule has 0 unspecified atom stereocenters. The average molecular weight is 386 g/mol. The lowest BCUT2D eigenvalue weighted by Gasteiger charge is -2.15. The molecule has 1 heterocycles. The minimum Gasteiger partial charge on any atom is -0.388 e. The quantitative estimate of drug-likeness (QED) is 0.442. The highest BCUT2D eigenvalue weighted by atomic mass is 79.9. The molecule has 1 aromatic rings. The first-order valence-corrected chi connectivity index (χ1v) is 6.08. The van der Waals surface area contributed by atoms with Crippen LogP contribution in [0.1, 0.15) is 21.6 Å².